The van der Waals surface area contributed by atoms with Gasteiger partial charge in [0.05, 0.1) is 6.61 Å². The van der Waals surface area contributed by atoms with Crippen LogP contribution in [0.15, 0.2) is 24.3 Å². The van der Waals surface area contributed by atoms with E-state index >= 15 is 0 Å². The number of nitrogens with zero attached hydrogens (tertiary/aromatic N) is 1. The smallest absolute Gasteiger partial charge is 0.324 e. The number of benzene rings is 1. The van der Waals surface area contributed by atoms with Gasteiger partial charge in [-0.05, 0) is 31.9 Å². The summed E-state index contributed by atoms with van der Waals surface area (Å²) >= 11 is 0. The van der Waals surface area contributed by atoms with E-state index in [4.69, 9.17) is 4.74 Å². The molecule has 114 valence electrons. The van der Waals surface area contributed by atoms with Crippen LogP contribution in [0.5, 0.6) is 5.75 Å². The number of fused-ring (bicyclic) bond motifs is 1. The number of hydrogen-bond donors (Lipinski definition) is 1. The Balaban J connectivity index is 1.98. The first-order valence-electron chi connectivity index (χ1n) is 7.91. The molecule has 0 saturated carbocycles. The molecule has 0 aliphatic carbocycles. The Hall–Kier alpha value is -1.55. The van der Waals surface area contributed by atoms with Crippen LogP contribution < -0.4 is 4.74 Å². The van der Waals surface area contributed by atoms with Crippen molar-refractivity contribution in [3.8, 4) is 5.75 Å². The van der Waals surface area contributed by atoms with Crippen molar-refractivity contribution in [3.05, 3.63) is 29.8 Å². The van der Waals surface area contributed by atoms with E-state index in [0.717, 1.165) is 50.0 Å². The maximum Gasteiger partial charge on any atom is 0.324 e. The zero-order chi connectivity index (χ0) is 14.9. The lowest BCUT2D eigenvalue weighted by Gasteiger charge is -2.42. The molecule has 0 amide bonds. The van der Waals surface area contributed by atoms with Crippen LogP contribution >= 0.6 is 0 Å². The highest BCUT2D eigenvalue weighted by Gasteiger charge is 2.50. The Morgan fingerprint density at radius 3 is 3.05 bits per heavy atom. The molecule has 0 radical (unpaired) electrons. The first-order valence-corrected chi connectivity index (χ1v) is 7.91. The molecule has 3 rings (SSSR count). The number of carbonyl (C=O) groups is 1. The Morgan fingerprint density at radius 1 is 1.48 bits per heavy atom. The predicted molar refractivity (Wildman–Crippen MR) is 80.5 cm³/mol. The lowest BCUT2D eigenvalue weighted by molar-refractivity contribution is -0.152. The number of likely N-dealkylation sites (tertiary alicyclic amines) is 1. The average molecular weight is 289 g/mol. The zero-order valence-electron chi connectivity index (χ0n) is 12.5. The number of carboxylic acid groups (broad SMARTS) is 1. The van der Waals surface area contributed by atoms with Crippen LogP contribution in [0.1, 0.15) is 50.6 Å². The summed E-state index contributed by atoms with van der Waals surface area (Å²) in [5.74, 6) is 0.252. The summed E-state index contributed by atoms with van der Waals surface area (Å²) in [6, 6.07) is 8.22. The molecule has 2 unspecified atom stereocenters. The van der Waals surface area contributed by atoms with E-state index in [-0.39, 0.29) is 6.04 Å². The van der Waals surface area contributed by atoms with Crippen LogP contribution in [0.4, 0.5) is 0 Å². The zero-order valence-corrected chi connectivity index (χ0v) is 12.5. The van der Waals surface area contributed by atoms with Gasteiger partial charge >= 0.3 is 5.97 Å². The van der Waals surface area contributed by atoms with E-state index in [1.807, 2.05) is 18.2 Å². The normalized spacial score (nSPS) is 28.9. The lowest BCUT2D eigenvalue weighted by Crippen LogP contribution is -2.52. The van der Waals surface area contributed by atoms with Crippen molar-refractivity contribution < 1.29 is 14.6 Å². The standard InChI is InChI=1S/C17H23NO3/c1-2-9-17(16(19)20)10-5-11-18(17)14-8-12-21-15-7-4-3-6-13(14)15/h3-4,6-7,14H,2,5,8-12H2,1H3,(H,19,20). The maximum atomic E-state index is 12.0. The fraction of sp³-hybridized carbons (Fsp3) is 0.588. The van der Waals surface area contributed by atoms with Crippen LogP contribution in [-0.4, -0.2) is 34.7 Å². The summed E-state index contributed by atoms with van der Waals surface area (Å²) in [6.07, 6.45) is 4.22. The quantitative estimate of drug-likeness (QED) is 0.924. The molecule has 1 aromatic rings. The Labute approximate surface area is 125 Å². The molecule has 0 aromatic heterocycles. The molecule has 0 bridgehead atoms. The van der Waals surface area contributed by atoms with Crippen molar-refractivity contribution in [2.75, 3.05) is 13.2 Å². The third-order valence-electron chi connectivity index (χ3n) is 4.90. The molecule has 1 saturated heterocycles. The van der Waals surface area contributed by atoms with Crippen molar-refractivity contribution >= 4 is 5.97 Å². The number of aliphatic carboxylic acids is 1. The molecular formula is C17H23NO3. The van der Waals surface area contributed by atoms with Gasteiger partial charge in [0.15, 0.2) is 0 Å². The fourth-order valence-electron chi connectivity index (χ4n) is 4.02. The summed E-state index contributed by atoms with van der Waals surface area (Å²) < 4.78 is 5.73. The highest BCUT2D eigenvalue weighted by Crippen LogP contribution is 2.45. The van der Waals surface area contributed by atoms with E-state index in [1.165, 1.54) is 0 Å². The van der Waals surface area contributed by atoms with E-state index in [2.05, 4.69) is 17.9 Å². The van der Waals surface area contributed by atoms with Crippen molar-refractivity contribution in [2.45, 2.75) is 50.6 Å². The SMILES string of the molecule is CCCC1(C(=O)O)CCCN1C1CCOc2ccccc21. The van der Waals surface area contributed by atoms with Gasteiger partial charge in [-0.15, -0.1) is 0 Å². The van der Waals surface area contributed by atoms with Gasteiger partial charge in [0.25, 0.3) is 0 Å². The van der Waals surface area contributed by atoms with Gasteiger partial charge in [-0.2, -0.15) is 0 Å². The first-order chi connectivity index (χ1) is 10.2. The Kier molecular flexibility index (Phi) is 3.89. The fourth-order valence-corrected chi connectivity index (χ4v) is 4.02. The van der Waals surface area contributed by atoms with E-state index in [9.17, 15) is 9.90 Å². The summed E-state index contributed by atoms with van der Waals surface area (Å²) in [7, 11) is 0. The van der Waals surface area contributed by atoms with Crippen molar-refractivity contribution in [1.29, 1.82) is 0 Å². The van der Waals surface area contributed by atoms with E-state index in [0.29, 0.717) is 6.61 Å². The lowest BCUT2D eigenvalue weighted by atomic mass is 9.87. The summed E-state index contributed by atoms with van der Waals surface area (Å²) in [5, 5.41) is 9.87. The molecule has 2 heterocycles. The van der Waals surface area contributed by atoms with Crippen LogP contribution in [0.25, 0.3) is 0 Å². The molecule has 2 aliphatic rings. The topological polar surface area (TPSA) is 49.8 Å². The molecule has 1 fully saturated rings. The second kappa shape index (κ2) is 5.68. The maximum absolute atomic E-state index is 12.0. The molecule has 4 nitrogen and oxygen atoms in total. The number of hydrogen-bond acceptors (Lipinski definition) is 3. The van der Waals surface area contributed by atoms with E-state index in [1.54, 1.807) is 0 Å². The predicted octanol–water partition coefficient (Wildman–Crippen LogP) is 3.23. The number of ether oxygens (including phenoxy) is 1. The van der Waals surface area contributed by atoms with Gasteiger partial charge in [0.2, 0.25) is 0 Å². The van der Waals surface area contributed by atoms with Crippen molar-refractivity contribution in [3.63, 3.8) is 0 Å². The summed E-state index contributed by atoms with van der Waals surface area (Å²) in [5.41, 5.74) is 0.455. The largest absolute Gasteiger partial charge is 0.493 e. The second-order valence-corrected chi connectivity index (χ2v) is 6.07. The molecule has 4 heteroatoms. The highest BCUT2D eigenvalue weighted by atomic mass is 16.5. The number of rotatable bonds is 4. The van der Waals surface area contributed by atoms with E-state index < -0.39 is 11.5 Å². The van der Waals surface area contributed by atoms with Crippen LogP contribution in [0.2, 0.25) is 0 Å². The Bertz CT molecular complexity index is 531. The van der Waals surface area contributed by atoms with Gasteiger partial charge < -0.3 is 9.84 Å². The minimum Gasteiger partial charge on any atom is -0.493 e. The van der Waals surface area contributed by atoms with Gasteiger partial charge in [-0.3, -0.25) is 9.69 Å². The van der Waals surface area contributed by atoms with Gasteiger partial charge in [-0.25, -0.2) is 0 Å². The molecule has 1 N–H and O–H groups in total. The van der Waals surface area contributed by atoms with Crippen LogP contribution in [-0.2, 0) is 4.79 Å². The molecule has 1 aromatic carbocycles. The van der Waals surface area contributed by atoms with Gasteiger partial charge in [0.1, 0.15) is 11.3 Å². The van der Waals surface area contributed by atoms with Crippen molar-refractivity contribution in [2.24, 2.45) is 0 Å². The van der Waals surface area contributed by atoms with Crippen molar-refractivity contribution in [1.82, 2.24) is 4.90 Å². The summed E-state index contributed by atoms with van der Waals surface area (Å²) in [6.45, 7) is 3.60. The number of carboxylic acids is 1. The molecule has 21 heavy (non-hydrogen) atoms. The van der Waals surface area contributed by atoms with Gasteiger partial charge in [0, 0.05) is 18.0 Å². The van der Waals surface area contributed by atoms with Crippen LogP contribution in [0, 0.1) is 0 Å². The highest BCUT2D eigenvalue weighted by molar-refractivity contribution is 5.79. The average Bonchev–Trinajstić information content (AvgIpc) is 2.92. The third kappa shape index (κ3) is 2.31. The molecule has 2 atom stereocenters. The molecule has 0 spiro atoms. The third-order valence-corrected chi connectivity index (χ3v) is 4.90. The monoisotopic (exact) mass is 289 g/mol. The number of para-hydroxylation sites is 1. The molecule has 2 aliphatic heterocycles. The summed E-state index contributed by atoms with van der Waals surface area (Å²) in [4.78, 5) is 14.2. The van der Waals surface area contributed by atoms with Gasteiger partial charge in [-0.1, -0.05) is 31.5 Å². The Morgan fingerprint density at radius 2 is 2.29 bits per heavy atom. The first kappa shape index (κ1) is 14.4. The second-order valence-electron chi connectivity index (χ2n) is 6.07. The van der Waals surface area contributed by atoms with Crippen LogP contribution in [0.3, 0.4) is 0 Å². The minimum absolute atomic E-state index is 0.167. The molecular weight excluding hydrogens is 266 g/mol. The minimum atomic E-state index is -0.691.